The summed E-state index contributed by atoms with van der Waals surface area (Å²) in [5.74, 6) is -4.72. The number of amides is 2. The van der Waals surface area contributed by atoms with Gasteiger partial charge in [-0.3, -0.25) is 9.59 Å². The molecular formula is C14H20N2O7. The normalized spacial score (nSPS) is 34.9. The maximum atomic E-state index is 12.0. The Balaban J connectivity index is 2.26. The molecule has 2 aliphatic carbocycles. The topological polar surface area (TPSA) is 142 Å². The van der Waals surface area contributed by atoms with Crippen LogP contribution in [0.2, 0.25) is 0 Å². The number of ether oxygens (including phenoxy) is 1. The molecule has 2 amide bonds. The van der Waals surface area contributed by atoms with Gasteiger partial charge in [-0.1, -0.05) is 0 Å². The summed E-state index contributed by atoms with van der Waals surface area (Å²) < 4.78 is 5.08. The van der Waals surface area contributed by atoms with Crippen molar-refractivity contribution < 1.29 is 34.1 Å². The van der Waals surface area contributed by atoms with Gasteiger partial charge in [0.1, 0.15) is 11.1 Å². The predicted octanol–water partition coefficient (Wildman–Crippen LogP) is -0.200. The Morgan fingerprint density at radius 2 is 1.87 bits per heavy atom. The zero-order valence-corrected chi connectivity index (χ0v) is 13.0. The molecule has 0 spiro atoms. The number of hydrogen-bond acceptors (Lipinski definition) is 5. The van der Waals surface area contributed by atoms with Gasteiger partial charge in [-0.15, -0.1) is 0 Å². The number of fused-ring (bicyclic) bond motifs is 1. The fourth-order valence-corrected chi connectivity index (χ4v) is 3.57. The van der Waals surface area contributed by atoms with Crippen molar-refractivity contribution in [3.05, 3.63) is 0 Å². The number of hydrogen-bond donors (Lipinski definition) is 4. The molecule has 4 N–H and O–H groups in total. The first kappa shape index (κ1) is 17.0. The monoisotopic (exact) mass is 328 g/mol. The second kappa shape index (κ2) is 5.39. The SMILES string of the molecule is CC(C)(C)OC(=O)N[C@@]1(C(=O)O)C[C@@H](NC=O)[C@@H]2C1[C@@H]2C(=O)O. The average Bonchev–Trinajstić information content (AvgIpc) is 3.03. The maximum absolute atomic E-state index is 12.0. The lowest BCUT2D eigenvalue weighted by atomic mass is 9.89. The molecular weight excluding hydrogens is 308 g/mol. The van der Waals surface area contributed by atoms with E-state index in [2.05, 4.69) is 10.6 Å². The van der Waals surface area contributed by atoms with Crippen molar-refractivity contribution in [1.82, 2.24) is 10.6 Å². The lowest BCUT2D eigenvalue weighted by Crippen LogP contribution is -2.58. The van der Waals surface area contributed by atoms with Crippen molar-refractivity contribution >= 4 is 24.4 Å². The van der Waals surface area contributed by atoms with Crippen LogP contribution in [0.1, 0.15) is 27.2 Å². The Kier molecular flexibility index (Phi) is 4.00. The Morgan fingerprint density at radius 1 is 1.26 bits per heavy atom. The number of carbonyl (C=O) groups is 4. The van der Waals surface area contributed by atoms with Crippen LogP contribution in [0.15, 0.2) is 0 Å². The molecule has 9 nitrogen and oxygen atoms in total. The van der Waals surface area contributed by atoms with Crippen molar-refractivity contribution in [2.24, 2.45) is 17.8 Å². The summed E-state index contributed by atoms with van der Waals surface area (Å²) >= 11 is 0. The molecule has 9 heteroatoms. The van der Waals surface area contributed by atoms with E-state index in [9.17, 15) is 29.4 Å². The highest BCUT2D eigenvalue weighted by Crippen LogP contribution is 2.62. The number of aliphatic carboxylic acids is 2. The molecule has 5 atom stereocenters. The minimum Gasteiger partial charge on any atom is -0.481 e. The fourth-order valence-electron chi connectivity index (χ4n) is 3.57. The van der Waals surface area contributed by atoms with Gasteiger partial charge in [0.2, 0.25) is 6.41 Å². The van der Waals surface area contributed by atoms with Gasteiger partial charge in [-0.25, -0.2) is 9.59 Å². The molecule has 23 heavy (non-hydrogen) atoms. The molecule has 128 valence electrons. The first-order chi connectivity index (χ1) is 10.5. The second-order valence-corrected chi connectivity index (χ2v) is 6.97. The van der Waals surface area contributed by atoms with E-state index >= 15 is 0 Å². The number of carbonyl (C=O) groups excluding carboxylic acids is 2. The molecule has 0 aliphatic heterocycles. The van der Waals surface area contributed by atoms with E-state index < -0.39 is 53.0 Å². The highest BCUT2D eigenvalue weighted by molar-refractivity contribution is 5.89. The summed E-state index contributed by atoms with van der Waals surface area (Å²) in [5, 5.41) is 23.6. The number of nitrogens with one attached hydrogen (secondary N) is 2. The molecule has 0 radical (unpaired) electrons. The molecule has 2 rings (SSSR count). The molecule has 0 aromatic rings. The van der Waals surface area contributed by atoms with Crippen LogP contribution in [-0.4, -0.2) is 51.8 Å². The molecule has 0 aromatic carbocycles. The molecule has 2 saturated carbocycles. The average molecular weight is 328 g/mol. The largest absolute Gasteiger partial charge is 0.481 e. The number of carboxylic acids is 2. The summed E-state index contributed by atoms with van der Waals surface area (Å²) in [4.78, 5) is 45.8. The van der Waals surface area contributed by atoms with Gasteiger partial charge >= 0.3 is 18.0 Å². The van der Waals surface area contributed by atoms with Crippen molar-refractivity contribution in [1.29, 1.82) is 0 Å². The second-order valence-electron chi connectivity index (χ2n) is 6.97. The fraction of sp³-hybridized carbons (Fsp3) is 0.714. The minimum absolute atomic E-state index is 0.0839. The smallest absolute Gasteiger partial charge is 0.408 e. The number of carboxylic acid groups (broad SMARTS) is 2. The Morgan fingerprint density at radius 3 is 2.30 bits per heavy atom. The zero-order chi connectivity index (χ0) is 17.6. The van der Waals surface area contributed by atoms with Crippen LogP contribution in [0.3, 0.4) is 0 Å². The number of alkyl carbamates (subject to hydrolysis) is 1. The zero-order valence-electron chi connectivity index (χ0n) is 13.0. The predicted molar refractivity (Wildman–Crippen MR) is 75.4 cm³/mol. The molecule has 1 unspecified atom stereocenters. The first-order valence-electron chi connectivity index (χ1n) is 7.20. The Hall–Kier alpha value is -2.32. The highest BCUT2D eigenvalue weighted by atomic mass is 16.6. The van der Waals surface area contributed by atoms with E-state index in [4.69, 9.17) is 4.74 Å². The molecule has 0 heterocycles. The standard InChI is InChI=1S/C14H20N2O7/c1-13(2,3)23-12(22)16-14(11(20)21)4-6(15-5-17)7-8(9(7)14)10(18)19/h5-9H,4H2,1-3H3,(H,15,17)(H,16,22)(H,18,19)(H,20,21)/t6-,7+,8-,9?,14+/m1/s1. The van der Waals surface area contributed by atoms with Gasteiger partial charge in [0, 0.05) is 18.4 Å². The Bertz CT molecular complexity index is 556. The summed E-state index contributed by atoms with van der Waals surface area (Å²) in [6.45, 7) is 4.89. The van der Waals surface area contributed by atoms with Crippen LogP contribution < -0.4 is 10.6 Å². The number of rotatable bonds is 5. The third-order valence-electron chi connectivity index (χ3n) is 4.32. The van der Waals surface area contributed by atoms with E-state index in [1.165, 1.54) is 0 Å². The lowest BCUT2D eigenvalue weighted by molar-refractivity contribution is -0.147. The van der Waals surface area contributed by atoms with Crippen LogP contribution in [0.5, 0.6) is 0 Å². The lowest BCUT2D eigenvalue weighted by Gasteiger charge is -2.31. The van der Waals surface area contributed by atoms with Crippen molar-refractivity contribution in [2.75, 3.05) is 0 Å². The van der Waals surface area contributed by atoms with Crippen LogP contribution >= 0.6 is 0 Å². The van der Waals surface area contributed by atoms with Crippen molar-refractivity contribution in [3.8, 4) is 0 Å². The summed E-state index contributed by atoms with van der Waals surface area (Å²) in [5.41, 5.74) is -2.59. The van der Waals surface area contributed by atoms with Gasteiger partial charge < -0.3 is 25.6 Å². The van der Waals surface area contributed by atoms with Crippen LogP contribution in [0.25, 0.3) is 0 Å². The van der Waals surface area contributed by atoms with E-state index in [0.717, 1.165) is 0 Å². The van der Waals surface area contributed by atoms with Crippen molar-refractivity contribution in [2.45, 2.75) is 44.4 Å². The first-order valence-corrected chi connectivity index (χ1v) is 7.20. The molecule has 2 aliphatic rings. The molecule has 0 bridgehead atoms. The molecule has 0 saturated heterocycles. The third kappa shape index (κ3) is 2.95. The minimum atomic E-state index is -1.77. The van der Waals surface area contributed by atoms with E-state index in [1.54, 1.807) is 20.8 Å². The highest BCUT2D eigenvalue weighted by Gasteiger charge is 2.75. The summed E-state index contributed by atoms with van der Waals surface area (Å²) in [7, 11) is 0. The van der Waals surface area contributed by atoms with Crippen LogP contribution in [0, 0.1) is 17.8 Å². The van der Waals surface area contributed by atoms with Gasteiger partial charge in [-0.05, 0) is 26.7 Å². The van der Waals surface area contributed by atoms with Gasteiger partial charge in [0.25, 0.3) is 0 Å². The quantitative estimate of drug-likeness (QED) is 0.512. The van der Waals surface area contributed by atoms with E-state index in [1.807, 2.05) is 0 Å². The maximum Gasteiger partial charge on any atom is 0.408 e. The van der Waals surface area contributed by atoms with Gasteiger partial charge in [-0.2, -0.15) is 0 Å². The van der Waals surface area contributed by atoms with E-state index in [0.29, 0.717) is 6.41 Å². The van der Waals surface area contributed by atoms with Gasteiger partial charge in [0.05, 0.1) is 5.92 Å². The van der Waals surface area contributed by atoms with E-state index in [-0.39, 0.29) is 6.42 Å². The van der Waals surface area contributed by atoms with Crippen LogP contribution in [-0.2, 0) is 19.1 Å². The van der Waals surface area contributed by atoms with Gasteiger partial charge in [0.15, 0.2) is 0 Å². The summed E-state index contributed by atoms with van der Waals surface area (Å²) in [6.07, 6.45) is -0.606. The third-order valence-corrected chi connectivity index (χ3v) is 4.32. The van der Waals surface area contributed by atoms with Crippen molar-refractivity contribution in [3.63, 3.8) is 0 Å². The Labute approximate surface area is 132 Å². The molecule has 0 aromatic heterocycles. The molecule has 2 fully saturated rings. The van der Waals surface area contributed by atoms with Crippen LogP contribution in [0.4, 0.5) is 4.79 Å². The summed E-state index contributed by atoms with van der Waals surface area (Å²) in [6, 6.07) is -0.621.